The molecule has 21 heavy (non-hydrogen) atoms. The van der Waals surface area contributed by atoms with Gasteiger partial charge in [0, 0.05) is 10.0 Å². The number of aromatic amines is 1. The molecular formula is C14H18Cl2N3O2+. The Kier molecular flexibility index (Phi) is 5.45. The van der Waals surface area contributed by atoms with Crippen LogP contribution in [0.3, 0.4) is 0 Å². The number of hydrogen-bond donors (Lipinski definition) is 2. The number of nitrogens with one attached hydrogen (secondary N) is 2. The summed E-state index contributed by atoms with van der Waals surface area (Å²) in [5.74, 6) is 0. The van der Waals surface area contributed by atoms with Crippen molar-refractivity contribution in [3.63, 3.8) is 0 Å². The first-order valence-corrected chi connectivity index (χ1v) is 7.51. The standard InChI is InChI=1S/C14H17Cl2N3O2/c1-9(2)19-13(14(20)21-18-19)8-17-6-5-10-3-4-11(15)7-12(10)16/h3-4,7,9,17H,5-6,8H2,1-2H3/p+1. The predicted octanol–water partition coefficient (Wildman–Crippen LogP) is 2.48. The van der Waals surface area contributed by atoms with E-state index in [0.29, 0.717) is 28.8 Å². The molecule has 1 aromatic heterocycles. The monoisotopic (exact) mass is 330 g/mol. The molecule has 5 nitrogen and oxygen atoms in total. The summed E-state index contributed by atoms with van der Waals surface area (Å²) in [6, 6.07) is 5.59. The van der Waals surface area contributed by atoms with Crippen LogP contribution >= 0.6 is 23.2 Å². The molecule has 0 amide bonds. The van der Waals surface area contributed by atoms with E-state index >= 15 is 0 Å². The summed E-state index contributed by atoms with van der Waals surface area (Å²) < 4.78 is 6.52. The van der Waals surface area contributed by atoms with Crippen LogP contribution < -0.4 is 15.6 Å². The normalized spacial score (nSPS) is 11.3. The van der Waals surface area contributed by atoms with E-state index in [-0.39, 0.29) is 11.7 Å². The van der Waals surface area contributed by atoms with E-state index in [0.717, 1.165) is 12.0 Å². The Labute approximate surface area is 132 Å². The average Bonchev–Trinajstić information content (AvgIpc) is 2.78. The van der Waals surface area contributed by atoms with E-state index in [1.165, 1.54) is 0 Å². The fourth-order valence-electron chi connectivity index (χ4n) is 2.03. The van der Waals surface area contributed by atoms with E-state index in [4.69, 9.17) is 27.7 Å². The van der Waals surface area contributed by atoms with Crippen molar-refractivity contribution in [2.75, 3.05) is 6.54 Å². The van der Waals surface area contributed by atoms with Crippen molar-refractivity contribution in [3.8, 4) is 0 Å². The van der Waals surface area contributed by atoms with Gasteiger partial charge in [0.15, 0.2) is 6.04 Å². The van der Waals surface area contributed by atoms with Crippen molar-refractivity contribution in [2.24, 2.45) is 0 Å². The second-order valence-corrected chi connectivity index (χ2v) is 5.90. The molecule has 1 aromatic carbocycles. The Morgan fingerprint density at radius 1 is 1.38 bits per heavy atom. The van der Waals surface area contributed by atoms with Gasteiger partial charge in [-0.05, 0) is 49.8 Å². The molecule has 0 saturated heterocycles. The van der Waals surface area contributed by atoms with Gasteiger partial charge in [0.2, 0.25) is 0 Å². The fourth-order valence-corrected chi connectivity index (χ4v) is 2.53. The Morgan fingerprint density at radius 3 is 2.81 bits per heavy atom. The van der Waals surface area contributed by atoms with Crippen LogP contribution in [0.4, 0.5) is 0 Å². The van der Waals surface area contributed by atoms with Gasteiger partial charge in [-0.15, -0.1) is 0 Å². The summed E-state index contributed by atoms with van der Waals surface area (Å²) in [5.41, 5.74) is 1.25. The summed E-state index contributed by atoms with van der Waals surface area (Å²) in [7, 11) is 0. The van der Waals surface area contributed by atoms with E-state index in [1.807, 2.05) is 26.0 Å². The van der Waals surface area contributed by atoms with E-state index in [9.17, 15) is 4.79 Å². The molecule has 0 fully saturated rings. The maximum Gasteiger partial charge on any atom is 0.431 e. The highest BCUT2D eigenvalue weighted by molar-refractivity contribution is 6.35. The van der Waals surface area contributed by atoms with E-state index in [1.54, 1.807) is 10.7 Å². The predicted molar refractivity (Wildman–Crippen MR) is 81.8 cm³/mol. The molecule has 0 bridgehead atoms. The molecule has 2 rings (SSSR count). The fraction of sp³-hybridized carbons (Fsp3) is 0.429. The lowest BCUT2D eigenvalue weighted by atomic mass is 10.1. The zero-order valence-corrected chi connectivity index (χ0v) is 13.5. The van der Waals surface area contributed by atoms with Crippen molar-refractivity contribution in [3.05, 3.63) is 49.9 Å². The van der Waals surface area contributed by atoms with E-state index in [2.05, 4.69) is 10.6 Å². The third kappa shape index (κ3) is 4.09. The largest absolute Gasteiger partial charge is 0.431 e. The highest BCUT2D eigenvalue weighted by atomic mass is 35.5. The van der Waals surface area contributed by atoms with Gasteiger partial charge in [-0.1, -0.05) is 34.0 Å². The number of aromatic nitrogens is 2. The molecule has 2 N–H and O–H groups in total. The minimum atomic E-state index is -0.347. The van der Waals surface area contributed by atoms with Crippen molar-refractivity contribution >= 4 is 23.2 Å². The molecule has 0 unspecified atom stereocenters. The first-order chi connectivity index (χ1) is 9.99. The summed E-state index contributed by atoms with van der Waals surface area (Å²) in [5, 5.41) is 7.10. The van der Waals surface area contributed by atoms with Crippen molar-refractivity contribution < 1.29 is 9.20 Å². The van der Waals surface area contributed by atoms with Crippen molar-refractivity contribution in [1.82, 2.24) is 10.6 Å². The zero-order valence-electron chi connectivity index (χ0n) is 12.0. The van der Waals surface area contributed by atoms with Gasteiger partial charge < -0.3 is 5.32 Å². The quantitative estimate of drug-likeness (QED) is 0.631. The molecule has 0 atom stereocenters. The van der Waals surface area contributed by atoms with Crippen LogP contribution in [-0.2, 0) is 13.0 Å². The summed E-state index contributed by atoms with van der Waals surface area (Å²) in [6.45, 7) is 5.09. The zero-order chi connectivity index (χ0) is 15.4. The Hall–Kier alpha value is -1.30. The SMILES string of the molecule is CC(C)[n+]1[nH]oc(=O)c1CNCCc1ccc(Cl)cc1Cl. The van der Waals surface area contributed by atoms with Crippen LogP contribution in [-0.4, -0.2) is 11.8 Å². The van der Waals surface area contributed by atoms with Crippen LogP contribution in [0.1, 0.15) is 31.1 Å². The first kappa shape index (κ1) is 16.1. The first-order valence-electron chi connectivity index (χ1n) is 6.75. The average molecular weight is 331 g/mol. The second-order valence-electron chi connectivity index (χ2n) is 5.05. The number of rotatable bonds is 6. The summed E-state index contributed by atoms with van der Waals surface area (Å²) >= 11 is 12.0. The van der Waals surface area contributed by atoms with Crippen LogP contribution in [0.25, 0.3) is 0 Å². The van der Waals surface area contributed by atoms with Crippen molar-refractivity contribution in [1.29, 1.82) is 0 Å². The molecule has 1 heterocycles. The molecule has 114 valence electrons. The number of benzene rings is 1. The summed E-state index contributed by atoms with van der Waals surface area (Å²) in [4.78, 5) is 11.6. The highest BCUT2D eigenvalue weighted by Crippen LogP contribution is 2.20. The third-order valence-corrected chi connectivity index (χ3v) is 3.75. The minimum absolute atomic E-state index is 0.138. The molecule has 2 aromatic rings. The Balaban J connectivity index is 1.90. The lowest BCUT2D eigenvalue weighted by molar-refractivity contribution is -0.785. The number of H-pyrrole nitrogens is 1. The van der Waals surface area contributed by atoms with E-state index < -0.39 is 0 Å². The van der Waals surface area contributed by atoms with Gasteiger partial charge in [0.25, 0.3) is 0 Å². The molecule has 0 spiro atoms. The lowest BCUT2D eigenvalue weighted by Crippen LogP contribution is -2.45. The second kappa shape index (κ2) is 7.11. The van der Waals surface area contributed by atoms with Gasteiger partial charge in [0.05, 0.1) is 6.54 Å². The summed E-state index contributed by atoms with van der Waals surface area (Å²) in [6.07, 6.45) is 0.757. The maximum absolute atomic E-state index is 11.6. The number of halogens is 2. The topological polar surface area (TPSA) is 61.9 Å². The van der Waals surface area contributed by atoms with Crippen LogP contribution in [0.2, 0.25) is 10.0 Å². The van der Waals surface area contributed by atoms with Gasteiger partial charge in [-0.2, -0.15) is 0 Å². The van der Waals surface area contributed by atoms with Crippen LogP contribution in [0.5, 0.6) is 0 Å². The van der Waals surface area contributed by atoms with Crippen LogP contribution in [0, 0.1) is 0 Å². The lowest BCUT2D eigenvalue weighted by Gasteiger charge is -2.05. The van der Waals surface area contributed by atoms with Crippen molar-refractivity contribution in [2.45, 2.75) is 32.9 Å². The minimum Gasteiger partial charge on any atom is -0.307 e. The van der Waals surface area contributed by atoms with Gasteiger partial charge >= 0.3 is 11.3 Å². The third-order valence-electron chi connectivity index (χ3n) is 3.16. The molecule has 0 radical (unpaired) electrons. The van der Waals surface area contributed by atoms with Gasteiger partial charge in [-0.3, -0.25) is 4.52 Å². The molecule has 0 aliphatic carbocycles. The molecule has 0 saturated carbocycles. The number of nitrogens with zero attached hydrogens (tertiary/aromatic N) is 1. The van der Waals surface area contributed by atoms with Crippen LogP contribution in [0.15, 0.2) is 27.5 Å². The molecular weight excluding hydrogens is 313 g/mol. The van der Waals surface area contributed by atoms with Gasteiger partial charge in [-0.25, -0.2) is 4.79 Å². The Morgan fingerprint density at radius 2 is 2.14 bits per heavy atom. The van der Waals surface area contributed by atoms with Gasteiger partial charge in [0.1, 0.15) is 0 Å². The smallest absolute Gasteiger partial charge is 0.307 e. The number of hydrogen-bond acceptors (Lipinski definition) is 3. The molecule has 0 aliphatic heterocycles. The molecule has 7 heteroatoms. The molecule has 0 aliphatic rings. The highest BCUT2D eigenvalue weighted by Gasteiger charge is 2.22. The Bertz CT molecular complexity index is 664. The maximum atomic E-state index is 11.6.